The third kappa shape index (κ3) is 14.3. The van der Waals surface area contributed by atoms with Gasteiger partial charge in [-0.05, 0) is 63.6 Å². The van der Waals surface area contributed by atoms with Gasteiger partial charge in [-0.25, -0.2) is 0 Å². The van der Waals surface area contributed by atoms with Crippen molar-refractivity contribution >= 4 is 55.0 Å². The quantitative estimate of drug-likeness (QED) is 0.370. The van der Waals surface area contributed by atoms with Crippen LogP contribution in [0, 0.1) is 0 Å². The lowest BCUT2D eigenvalue weighted by molar-refractivity contribution is 0.570. The molecule has 126 valence electrons. The zero-order chi connectivity index (χ0) is 16.5. The summed E-state index contributed by atoms with van der Waals surface area (Å²) in [5, 5.41) is 0. The predicted octanol–water partition coefficient (Wildman–Crippen LogP) is 1.59. The Bertz CT molecular complexity index is 309. The van der Waals surface area contributed by atoms with Gasteiger partial charge in [-0.2, -0.15) is 0 Å². The lowest BCUT2D eigenvalue weighted by Crippen LogP contribution is -2.39. The number of hydrogen-bond donors (Lipinski definition) is 0. The minimum Gasteiger partial charge on any atom is -0.463 e. The SMILES string of the molecule is C=C(C)C[SiH2]O[Si](C)(C)C[SiH2]O[Si](C)(C)C[SiH2]O[SiH](C)C. The van der Waals surface area contributed by atoms with Crippen LogP contribution >= 0.6 is 0 Å². The van der Waals surface area contributed by atoms with Crippen molar-refractivity contribution in [3.8, 4) is 0 Å². The van der Waals surface area contributed by atoms with Gasteiger partial charge < -0.3 is 12.3 Å². The van der Waals surface area contributed by atoms with Crippen molar-refractivity contribution in [3.63, 3.8) is 0 Å². The number of allylic oxidation sites excluding steroid dienone is 1. The van der Waals surface area contributed by atoms with Crippen molar-refractivity contribution in [2.24, 2.45) is 0 Å². The normalized spacial score (nSPS) is 14.7. The molecular formula is C12H36O3Si6. The van der Waals surface area contributed by atoms with Crippen molar-refractivity contribution in [2.45, 2.75) is 63.6 Å². The molecule has 21 heavy (non-hydrogen) atoms. The maximum Gasteiger partial charge on any atom is 0.171 e. The first-order valence-corrected chi connectivity index (χ1v) is 21.8. The molecule has 0 bridgehead atoms. The first kappa shape index (κ1) is 21.9. The van der Waals surface area contributed by atoms with Gasteiger partial charge >= 0.3 is 0 Å². The molecule has 0 atom stereocenters. The molecule has 0 spiro atoms. The van der Waals surface area contributed by atoms with Crippen molar-refractivity contribution in [1.82, 2.24) is 0 Å². The van der Waals surface area contributed by atoms with Crippen LogP contribution in [0.2, 0.25) is 56.7 Å². The van der Waals surface area contributed by atoms with Crippen LogP contribution in [0.4, 0.5) is 0 Å². The van der Waals surface area contributed by atoms with Crippen LogP contribution in [0.25, 0.3) is 0 Å². The average Bonchev–Trinajstić information content (AvgIpc) is 2.26. The molecular weight excluding hydrogens is 361 g/mol. The molecule has 0 aliphatic carbocycles. The van der Waals surface area contributed by atoms with Crippen molar-refractivity contribution < 1.29 is 12.3 Å². The molecule has 9 heteroatoms. The molecule has 0 aliphatic heterocycles. The van der Waals surface area contributed by atoms with Crippen molar-refractivity contribution in [2.75, 3.05) is 0 Å². The van der Waals surface area contributed by atoms with E-state index in [1.807, 2.05) is 0 Å². The first-order chi connectivity index (χ1) is 9.54. The van der Waals surface area contributed by atoms with Crippen LogP contribution < -0.4 is 0 Å². The third-order valence-corrected chi connectivity index (χ3v) is 27.2. The van der Waals surface area contributed by atoms with E-state index in [0.717, 1.165) is 6.04 Å². The Balaban J connectivity index is 3.90. The molecule has 0 radical (unpaired) electrons. The first-order valence-electron chi connectivity index (χ1n) is 8.08. The van der Waals surface area contributed by atoms with E-state index >= 15 is 0 Å². The molecule has 0 aromatic heterocycles. The van der Waals surface area contributed by atoms with Gasteiger partial charge in [-0.3, -0.25) is 0 Å². The molecule has 0 fully saturated rings. The molecule has 0 unspecified atom stereocenters. The van der Waals surface area contributed by atoms with E-state index in [-0.39, 0.29) is 9.76 Å². The van der Waals surface area contributed by atoms with E-state index in [1.165, 1.54) is 16.9 Å². The third-order valence-electron chi connectivity index (χ3n) is 3.37. The molecule has 0 heterocycles. The van der Waals surface area contributed by atoms with Gasteiger partial charge in [-0.1, -0.05) is 5.57 Å². The highest BCUT2D eigenvalue weighted by Gasteiger charge is 2.26. The molecule has 3 nitrogen and oxygen atoms in total. The zero-order valence-corrected chi connectivity index (χ0v) is 22.6. The highest BCUT2D eigenvalue weighted by atomic mass is 28.4. The summed E-state index contributed by atoms with van der Waals surface area (Å²) in [7, 11) is -4.84. The topological polar surface area (TPSA) is 27.7 Å². The summed E-state index contributed by atoms with van der Waals surface area (Å²) < 4.78 is 18.5. The highest BCUT2D eigenvalue weighted by molar-refractivity contribution is 6.85. The molecule has 0 rings (SSSR count). The minimum absolute atomic E-state index is 0.327. The van der Waals surface area contributed by atoms with E-state index < -0.39 is 45.2 Å². The Kier molecular flexibility index (Phi) is 11.1. The maximum atomic E-state index is 6.38. The van der Waals surface area contributed by atoms with Crippen LogP contribution in [0.15, 0.2) is 12.2 Å². The monoisotopic (exact) mass is 396 g/mol. The molecule has 0 N–H and O–H groups in total. The average molecular weight is 397 g/mol. The van der Waals surface area contributed by atoms with E-state index in [4.69, 9.17) is 12.3 Å². The molecule has 0 amide bonds. The van der Waals surface area contributed by atoms with Crippen molar-refractivity contribution in [3.05, 3.63) is 12.2 Å². The summed E-state index contributed by atoms with van der Waals surface area (Å²) in [5.41, 5.74) is 3.80. The second kappa shape index (κ2) is 10.7. The number of hydrogen-bond acceptors (Lipinski definition) is 3. The summed E-state index contributed by atoms with van der Waals surface area (Å²) in [6.45, 7) is 20.0. The number of rotatable bonds is 12. The summed E-state index contributed by atoms with van der Waals surface area (Å²) in [6.07, 6.45) is 0. The van der Waals surface area contributed by atoms with Crippen LogP contribution in [0.1, 0.15) is 6.92 Å². The maximum absolute atomic E-state index is 6.38. The summed E-state index contributed by atoms with van der Waals surface area (Å²) in [5.74, 6) is 0. The van der Waals surface area contributed by atoms with E-state index in [1.54, 1.807) is 0 Å². The Hall–Kier alpha value is 0.921. The van der Waals surface area contributed by atoms with Gasteiger partial charge in [0.1, 0.15) is 19.5 Å². The lowest BCUT2D eigenvalue weighted by Gasteiger charge is -2.27. The lowest BCUT2D eigenvalue weighted by atomic mass is 10.4. The fourth-order valence-corrected chi connectivity index (χ4v) is 19.4. The molecule has 0 aliphatic rings. The molecule has 0 aromatic rings. The summed E-state index contributed by atoms with van der Waals surface area (Å²) in [6, 6.07) is 1.13. The largest absolute Gasteiger partial charge is 0.463 e. The highest BCUT2D eigenvalue weighted by Crippen LogP contribution is 2.15. The van der Waals surface area contributed by atoms with Gasteiger partial charge in [0.15, 0.2) is 35.4 Å². The van der Waals surface area contributed by atoms with Gasteiger partial charge in [-0.15, -0.1) is 6.58 Å². The zero-order valence-electron chi connectivity index (χ0n) is 15.3. The van der Waals surface area contributed by atoms with E-state index in [0.29, 0.717) is 0 Å². The van der Waals surface area contributed by atoms with Crippen LogP contribution in [0.3, 0.4) is 0 Å². The molecule has 0 saturated carbocycles. The van der Waals surface area contributed by atoms with Gasteiger partial charge in [0, 0.05) is 0 Å². The van der Waals surface area contributed by atoms with Crippen LogP contribution in [-0.4, -0.2) is 55.0 Å². The standard InChI is InChI=1S/C12H36O3Si6/c1-12(2)9-16-14-21(7,8)11-18-15-20(5,6)10-17-13-19(3)4/h19H,1,9-11,16-18H2,2-8H3. The smallest absolute Gasteiger partial charge is 0.171 e. The predicted molar refractivity (Wildman–Crippen MR) is 112 cm³/mol. The van der Waals surface area contributed by atoms with E-state index in [9.17, 15) is 0 Å². The second-order valence-electron chi connectivity index (χ2n) is 7.34. The Morgan fingerprint density at radius 1 is 0.952 bits per heavy atom. The van der Waals surface area contributed by atoms with Gasteiger partial charge in [0.25, 0.3) is 0 Å². The van der Waals surface area contributed by atoms with Crippen LogP contribution in [0.5, 0.6) is 0 Å². The van der Waals surface area contributed by atoms with E-state index in [2.05, 4.69) is 52.8 Å². The second-order valence-corrected chi connectivity index (χ2v) is 25.8. The molecule has 0 saturated heterocycles. The van der Waals surface area contributed by atoms with Gasteiger partial charge in [0.05, 0.1) is 0 Å². The Morgan fingerprint density at radius 3 is 1.90 bits per heavy atom. The fraction of sp³-hybridized carbons (Fsp3) is 0.833. The fourth-order valence-electron chi connectivity index (χ4n) is 1.76. The Labute approximate surface area is 143 Å². The van der Waals surface area contributed by atoms with Gasteiger partial charge in [0.2, 0.25) is 0 Å². The van der Waals surface area contributed by atoms with Crippen LogP contribution in [-0.2, 0) is 12.3 Å². The minimum atomic E-state index is -1.45. The Morgan fingerprint density at radius 2 is 1.43 bits per heavy atom. The van der Waals surface area contributed by atoms with Crippen molar-refractivity contribution in [1.29, 1.82) is 0 Å². The summed E-state index contributed by atoms with van der Waals surface area (Å²) in [4.78, 5) is 0. The summed E-state index contributed by atoms with van der Waals surface area (Å²) >= 11 is 0. The molecule has 0 aromatic carbocycles.